The van der Waals surface area contributed by atoms with Gasteiger partial charge >= 0.3 is 5.97 Å². The summed E-state index contributed by atoms with van der Waals surface area (Å²) in [5, 5.41) is 0.209. The van der Waals surface area contributed by atoms with Crippen molar-refractivity contribution in [1.82, 2.24) is 0 Å². The van der Waals surface area contributed by atoms with E-state index in [9.17, 15) is 13.2 Å². The summed E-state index contributed by atoms with van der Waals surface area (Å²) in [5.74, 6) is -0.651. The summed E-state index contributed by atoms with van der Waals surface area (Å²) >= 11 is 5.99. The first kappa shape index (κ1) is 17.3. The fraction of sp³-hybridized carbons (Fsp3) is 0.188. The Labute approximate surface area is 140 Å². The van der Waals surface area contributed by atoms with Crippen LogP contribution in [0.1, 0.15) is 15.9 Å². The normalized spacial score (nSPS) is 11.0. The number of carbonyl (C=O) groups excluding carboxylic acids is 1. The van der Waals surface area contributed by atoms with E-state index in [1.165, 1.54) is 25.3 Å². The van der Waals surface area contributed by atoms with E-state index in [2.05, 4.69) is 9.46 Å². The smallest absolute Gasteiger partial charge is 0.337 e. The minimum absolute atomic E-state index is 0.0875. The number of halogens is 1. The number of benzene rings is 2. The standard InChI is InChI=1S/C16H16ClNO4S/c1-22-16(19)13-7-8-14(17)15(11-13)18-23(20,21)10-9-12-5-3-2-4-6-12/h2-8,11,18H,9-10H2,1H3. The van der Waals surface area contributed by atoms with Crippen molar-refractivity contribution >= 4 is 33.3 Å². The zero-order chi connectivity index (χ0) is 16.9. The molecule has 0 radical (unpaired) electrons. The van der Waals surface area contributed by atoms with E-state index in [0.29, 0.717) is 6.42 Å². The predicted octanol–water partition coefficient (Wildman–Crippen LogP) is 3.11. The predicted molar refractivity (Wildman–Crippen MR) is 90.3 cm³/mol. The average Bonchev–Trinajstić information content (AvgIpc) is 2.55. The van der Waals surface area contributed by atoms with Crippen LogP contribution in [0.3, 0.4) is 0 Å². The molecular weight excluding hydrogens is 338 g/mol. The van der Waals surface area contributed by atoms with Crippen LogP contribution >= 0.6 is 11.6 Å². The van der Waals surface area contributed by atoms with Gasteiger partial charge in [0, 0.05) is 0 Å². The van der Waals surface area contributed by atoms with E-state index in [1.807, 2.05) is 30.3 Å². The number of ether oxygens (including phenoxy) is 1. The van der Waals surface area contributed by atoms with Crippen molar-refractivity contribution in [3.63, 3.8) is 0 Å². The monoisotopic (exact) mass is 353 g/mol. The number of hydrogen-bond donors (Lipinski definition) is 1. The van der Waals surface area contributed by atoms with Gasteiger partial charge < -0.3 is 4.74 Å². The van der Waals surface area contributed by atoms with E-state index in [-0.39, 0.29) is 22.0 Å². The van der Waals surface area contributed by atoms with Gasteiger partial charge in [-0.2, -0.15) is 0 Å². The third-order valence-electron chi connectivity index (χ3n) is 3.16. The molecule has 2 aromatic carbocycles. The molecular formula is C16H16ClNO4S. The van der Waals surface area contributed by atoms with Crippen LogP contribution < -0.4 is 4.72 Å². The Balaban J connectivity index is 2.12. The highest BCUT2D eigenvalue weighted by atomic mass is 35.5. The molecule has 7 heteroatoms. The van der Waals surface area contributed by atoms with Gasteiger partial charge in [-0.3, -0.25) is 4.72 Å². The lowest BCUT2D eigenvalue weighted by atomic mass is 10.2. The number of nitrogens with one attached hydrogen (secondary N) is 1. The second-order valence-corrected chi connectivity index (χ2v) is 7.09. The average molecular weight is 354 g/mol. The van der Waals surface area contributed by atoms with Crippen LogP contribution in [0, 0.1) is 0 Å². The number of sulfonamides is 1. The SMILES string of the molecule is COC(=O)c1ccc(Cl)c(NS(=O)(=O)CCc2ccccc2)c1. The van der Waals surface area contributed by atoms with Gasteiger partial charge in [-0.15, -0.1) is 0 Å². The molecule has 122 valence electrons. The summed E-state index contributed by atoms with van der Waals surface area (Å²) in [7, 11) is -2.34. The number of esters is 1. The summed E-state index contributed by atoms with van der Waals surface area (Å²) in [5.41, 5.74) is 1.30. The van der Waals surface area contributed by atoms with E-state index in [1.54, 1.807) is 0 Å². The maximum absolute atomic E-state index is 12.2. The van der Waals surface area contributed by atoms with Gasteiger partial charge in [-0.05, 0) is 30.2 Å². The van der Waals surface area contributed by atoms with E-state index < -0.39 is 16.0 Å². The van der Waals surface area contributed by atoms with Crippen molar-refractivity contribution in [1.29, 1.82) is 0 Å². The van der Waals surface area contributed by atoms with Crippen LogP contribution in [0.5, 0.6) is 0 Å². The summed E-state index contributed by atoms with van der Waals surface area (Å²) in [6, 6.07) is 13.6. The van der Waals surface area contributed by atoms with Crippen molar-refractivity contribution in [3.05, 3.63) is 64.7 Å². The number of methoxy groups -OCH3 is 1. The lowest BCUT2D eigenvalue weighted by Gasteiger charge is -2.11. The van der Waals surface area contributed by atoms with Gasteiger partial charge in [0.1, 0.15) is 0 Å². The minimum atomic E-state index is -3.59. The molecule has 5 nitrogen and oxygen atoms in total. The van der Waals surface area contributed by atoms with E-state index >= 15 is 0 Å². The first-order chi connectivity index (χ1) is 10.9. The van der Waals surface area contributed by atoms with Crippen molar-refractivity contribution < 1.29 is 17.9 Å². The highest BCUT2D eigenvalue weighted by molar-refractivity contribution is 7.92. The van der Waals surface area contributed by atoms with Gasteiger partial charge in [-0.25, -0.2) is 13.2 Å². The van der Waals surface area contributed by atoms with Crippen molar-refractivity contribution in [2.45, 2.75) is 6.42 Å². The molecule has 0 bridgehead atoms. The molecule has 0 saturated carbocycles. The number of hydrogen-bond acceptors (Lipinski definition) is 4. The highest BCUT2D eigenvalue weighted by Gasteiger charge is 2.15. The van der Waals surface area contributed by atoms with Crippen molar-refractivity contribution in [2.24, 2.45) is 0 Å². The molecule has 0 fully saturated rings. The van der Waals surface area contributed by atoms with Crippen LogP contribution in [0.2, 0.25) is 5.02 Å². The quantitative estimate of drug-likeness (QED) is 0.810. The van der Waals surface area contributed by atoms with Crippen LogP contribution in [-0.4, -0.2) is 27.2 Å². The minimum Gasteiger partial charge on any atom is -0.465 e. The molecule has 0 spiro atoms. The molecule has 0 aliphatic carbocycles. The van der Waals surface area contributed by atoms with Crippen LogP contribution in [0.25, 0.3) is 0 Å². The Morgan fingerprint density at radius 3 is 2.52 bits per heavy atom. The zero-order valence-corrected chi connectivity index (χ0v) is 14.0. The first-order valence-electron chi connectivity index (χ1n) is 6.83. The van der Waals surface area contributed by atoms with Gasteiger partial charge in [0.2, 0.25) is 10.0 Å². The third-order valence-corrected chi connectivity index (χ3v) is 4.76. The highest BCUT2D eigenvalue weighted by Crippen LogP contribution is 2.24. The fourth-order valence-electron chi connectivity index (χ4n) is 1.96. The Morgan fingerprint density at radius 2 is 1.87 bits per heavy atom. The number of anilines is 1. The molecule has 0 unspecified atom stereocenters. The number of aryl methyl sites for hydroxylation is 1. The molecule has 0 aliphatic rings. The van der Waals surface area contributed by atoms with Crippen molar-refractivity contribution in [2.75, 3.05) is 17.6 Å². The Morgan fingerprint density at radius 1 is 1.17 bits per heavy atom. The Bertz CT molecular complexity index is 791. The lowest BCUT2D eigenvalue weighted by molar-refractivity contribution is 0.0601. The molecule has 2 aromatic rings. The van der Waals surface area contributed by atoms with Crippen LogP contribution in [0.15, 0.2) is 48.5 Å². The maximum atomic E-state index is 12.2. The molecule has 1 N–H and O–H groups in total. The lowest BCUT2D eigenvalue weighted by Crippen LogP contribution is -2.18. The summed E-state index contributed by atoms with van der Waals surface area (Å²) < 4.78 is 31.4. The molecule has 23 heavy (non-hydrogen) atoms. The summed E-state index contributed by atoms with van der Waals surface area (Å²) in [6.45, 7) is 0. The largest absolute Gasteiger partial charge is 0.465 e. The fourth-order valence-corrected chi connectivity index (χ4v) is 3.30. The molecule has 0 aliphatic heterocycles. The number of carbonyl (C=O) groups is 1. The second kappa shape index (κ2) is 7.48. The molecule has 0 atom stereocenters. The van der Waals surface area contributed by atoms with Crippen molar-refractivity contribution in [3.8, 4) is 0 Å². The van der Waals surface area contributed by atoms with Gasteiger partial charge in [0.25, 0.3) is 0 Å². The first-order valence-corrected chi connectivity index (χ1v) is 8.86. The molecule has 0 aromatic heterocycles. The third kappa shape index (κ3) is 4.97. The van der Waals surface area contributed by atoms with Gasteiger partial charge in [0.05, 0.1) is 29.1 Å². The van der Waals surface area contributed by atoms with Gasteiger partial charge in [0.15, 0.2) is 0 Å². The maximum Gasteiger partial charge on any atom is 0.337 e. The molecule has 0 saturated heterocycles. The van der Waals surface area contributed by atoms with Crippen LogP contribution in [-0.2, 0) is 21.2 Å². The Hall–Kier alpha value is -2.05. The second-order valence-electron chi connectivity index (χ2n) is 4.84. The van der Waals surface area contributed by atoms with E-state index in [0.717, 1.165) is 5.56 Å². The van der Waals surface area contributed by atoms with E-state index in [4.69, 9.17) is 11.6 Å². The topological polar surface area (TPSA) is 72.5 Å². The molecule has 0 amide bonds. The Kier molecular flexibility index (Phi) is 5.63. The zero-order valence-electron chi connectivity index (χ0n) is 12.5. The summed E-state index contributed by atoms with van der Waals surface area (Å²) in [4.78, 5) is 11.5. The molecule has 2 rings (SSSR count). The number of rotatable bonds is 6. The van der Waals surface area contributed by atoms with Gasteiger partial charge in [-0.1, -0.05) is 41.9 Å². The molecule has 0 heterocycles. The summed E-state index contributed by atoms with van der Waals surface area (Å²) in [6.07, 6.45) is 0.379. The van der Waals surface area contributed by atoms with Crippen LogP contribution in [0.4, 0.5) is 5.69 Å².